The van der Waals surface area contributed by atoms with E-state index in [-0.39, 0.29) is 5.82 Å². The second-order valence-corrected chi connectivity index (χ2v) is 4.76. The van der Waals surface area contributed by atoms with Gasteiger partial charge in [0.25, 0.3) is 0 Å². The van der Waals surface area contributed by atoms with Gasteiger partial charge in [-0.2, -0.15) is 0 Å². The fourth-order valence-corrected chi connectivity index (χ4v) is 1.91. The van der Waals surface area contributed by atoms with Crippen LogP contribution < -0.4 is 5.32 Å². The fourth-order valence-electron chi connectivity index (χ4n) is 1.55. The van der Waals surface area contributed by atoms with E-state index in [0.717, 1.165) is 17.4 Å². The van der Waals surface area contributed by atoms with Gasteiger partial charge in [0, 0.05) is 22.6 Å². The molecule has 0 aliphatic rings. The van der Waals surface area contributed by atoms with Crippen LogP contribution in [0.3, 0.4) is 0 Å². The number of anilines is 1. The molecule has 0 radical (unpaired) electrons. The van der Waals surface area contributed by atoms with Gasteiger partial charge in [0.2, 0.25) is 0 Å². The van der Waals surface area contributed by atoms with Crippen molar-refractivity contribution >= 4 is 21.7 Å². The number of hydrogen-bond donors (Lipinski definition) is 1. The van der Waals surface area contributed by atoms with Gasteiger partial charge in [-0.25, -0.2) is 14.4 Å². The summed E-state index contributed by atoms with van der Waals surface area (Å²) in [7, 11) is 0. The van der Waals surface area contributed by atoms with Crippen molar-refractivity contribution < 1.29 is 4.39 Å². The molecular weight excluding hydrogens is 297 g/mol. The van der Waals surface area contributed by atoms with Crippen molar-refractivity contribution in [2.24, 2.45) is 0 Å². The molecule has 0 aliphatic heterocycles. The standard InChI is InChI=1S/C13H13BrFN3/c1-2-5-16-13-7-12(17-8-18-13)10-6-9(14)3-4-11(10)15/h3-4,6-8H,2,5H2,1H3,(H,16,17,18). The summed E-state index contributed by atoms with van der Waals surface area (Å²) in [5.74, 6) is 0.416. The minimum Gasteiger partial charge on any atom is -0.370 e. The first-order chi connectivity index (χ1) is 8.70. The Labute approximate surface area is 114 Å². The molecule has 2 aromatic rings. The van der Waals surface area contributed by atoms with Crippen LogP contribution in [0.25, 0.3) is 11.3 Å². The largest absolute Gasteiger partial charge is 0.370 e. The van der Waals surface area contributed by atoms with Crippen molar-refractivity contribution in [3.8, 4) is 11.3 Å². The molecule has 1 heterocycles. The van der Waals surface area contributed by atoms with Crippen LogP contribution in [0, 0.1) is 5.82 Å². The summed E-state index contributed by atoms with van der Waals surface area (Å²) in [6, 6.07) is 6.54. The summed E-state index contributed by atoms with van der Waals surface area (Å²) in [6.07, 6.45) is 2.44. The predicted octanol–water partition coefficient (Wildman–Crippen LogP) is 3.87. The maximum atomic E-state index is 13.7. The van der Waals surface area contributed by atoms with Crippen molar-refractivity contribution in [1.29, 1.82) is 0 Å². The Morgan fingerprint density at radius 1 is 1.28 bits per heavy atom. The first-order valence-electron chi connectivity index (χ1n) is 5.72. The summed E-state index contributed by atoms with van der Waals surface area (Å²) in [6.45, 7) is 2.90. The fraction of sp³-hybridized carbons (Fsp3) is 0.231. The molecule has 0 fully saturated rings. The van der Waals surface area contributed by atoms with E-state index in [1.54, 1.807) is 18.2 Å². The molecule has 0 aliphatic carbocycles. The highest BCUT2D eigenvalue weighted by Crippen LogP contribution is 2.25. The van der Waals surface area contributed by atoms with Gasteiger partial charge in [0.15, 0.2) is 0 Å². The first kappa shape index (κ1) is 13.0. The average molecular weight is 310 g/mol. The third-order valence-corrected chi connectivity index (χ3v) is 2.92. The number of nitrogens with zero attached hydrogens (tertiary/aromatic N) is 2. The summed E-state index contributed by atoms with van der Waals surface area (Å²) in [5.41, 5.74) is 1.04. The summed E-state index contributed by atoms with van der Waals surface area (Å²) >= 11 is 3.33. The van der Waals surface area contributed by atoms with E-state index in [2.05, 4.69) is 38.1 Å². The van der Waals surface area contributed by atoms with Gasteiger partial charge in [-0.05, 0) is 24.6 Å². The number of halogens is 2. The Balaban J connectivity index is 2.35. The zero-order chi connectivity index (χ0) is 13.0. The van der Waals surface area contributed by atoms with Gasteiger partial charge in [0.05, 0.1) is 5.69 Å². The SMILES string of the molecule is CCCNc1cc(-c2cc(Br)ccc2F)ncn1. The van der Waals surface area contributed by atoms with E-state index in [0.29, 0.717) is 17.1 Å². The van der Waals surface area contributed by atoms with Gasteiger partial charge in [0.1, 0.15) is 18.0 Å². The molecule has 1 aromatic heterocycles. The van der Waals surface area contributed by atoms with Crippen molar-refractivity contribution in [3.63, 3.8) is 0 Å². The van der Waals surface area contributed by atoms with Gasteiger partial charge >= 0.3 is 0 Å². The first-order valence-corrected chi connectivity index (χ1v) is 6.51. The third-order valence-electron chi connectivity index (χ3n) is 2.43. The van der Waals surface area contributed by atoms with Crippen LogP contribution in [-0.2, 0) is 0 Å². The monoisotopic (exact) mass is 309 g/mol. The van der Waals surface area contributed by atoms with Crippen LogP contribution in [0.4, 0.5) is 10.2 Å². The molecule has 0 amide bonds. The van der Waals surface area contributed by atoms with E-state index in [1.807, 2.05) is 0 Å². The summed E-state index contributed by atoms with van der Waals surface area (Å²) < 4.78 is 14.6. The molecular formula is C13H13BrFN3. The van der Waals surface area contributed by atoms with E-state index < -0.39 is 0 Å². The van der Waals surface area contributed by atoms with Crippen LogP contribution in [0.5, 0.6) is 0 Å². The zero-order valence-electron chi connectivity index (χ0n) is 9.95. The Hall–Kier alpha value is -1.49. The molecule has 18 heavy (non-hydrogen) atoms. The highest BCUT2D eigenvalue weighted by molar-refractivity contribution is 9.10. The van der Waals surface area contributed by atoms with Crippen LogP contribution in [0.2, 0.25) is 0 Å². The average Bonchev–Trinajstić information content (AvgIpc) is 2.39. The molecule has 5 heteroatoms. The lowest BCUT2D eigenvalue weighted by Crippen LogP contribution is -2.02. The number of aromatic nitrogens is 2. The van der Waals surface area contributed by atoms with E-state index in [9.17, 15) is 4.39 Å². The zero-order valence-corrected chi connectivity index (χ0v) is 11.5. The Morgan fingerprint density at radius 2 is 2.11 bits per heavy atom. The number of benzene rings is 1. The van der Waals surface area contributed by atoms with E-state index in [4.69, 9.17) is 0 Å². The van der Waals surface area contributed by atoms with Crippen LogP contribution in [-0.4, -0.2) is 16.5 Å². The molecule has 0 spiro atoms. The molecule has 0 unspecified atom stereocenters. The highest BCUT2D eigenvalue weighted by atomic mass is 79.9. The smallest absolute Gasteiger partial charge is 0.132 e. The molecule has 1 aromatic carbocycles. The van der Waals surface area contributed by atoms with Crippen LogP contribution >= 0.6 is 15.9 Å². The van der Waals surface area contributed by atoms with E-state index >= 15 is 0 Å². The molecule has 0 saturated carbocycles. The molecule has 0 atom stereocenters. The van der Waals surface area contributed by atoms with Crippen LogP contribution in [0.15, 0.2) is 35.1 Å². The lowest BCUT2D eigenvalue weighted by molar-refractivity contribution is 0.630. The Kier molecular flexibility index (Phi) is 4.25. The van der Waals surface area contributed by atoms with Gasteiger partial charge < -0.3 is 5.32 Å². The minimum atomic E-state index is -0.293. The molecule has 0 saturated heterocycles. The number of nitrogens with one attached hydrogen (secondary N) is 1. The lowest BCUT2D eigenvalue weighted by Gasteiger charge is -2.07. The van der Waals surface area contributed by atoms with Gasteiger partial charge in [-0.15, -0.1) is 0 Å². The second-order valence-electron chi connectivity index (χ2n) is 3.84. The van der Waals surface area contributed by atoms with Gasteiger partial charge in [-0.1, -0.05) is 22.9 Å². The predicted molar refractivity (Wildman–Crippen MR) is 73.9 cm³/mol. The molecule has 3 nitrogen and oxygen atoms in total. The maximum absolute atomic E-state index is 13.7. The third kappa shape index (κ3) is 3.04. The second kappa shape index (κ2) is 5.91. The normalized spacial score (nSPS) is 10.4. The summed E-state index contributed by atoms with van der Waals surface area (Å²) in [4.78, 5) is 8.21. The van der Waals surface area contributed by atoms with Crippen molar-refractivity contribution in [2.45, 2.75) is 13.3 Å². The topological polar surface area (TPSA) is 37.8 Å². The van der Waals surface area contributed by atoms with Crippen molar-refractivity contribution in [1.82, 2.24) is 9.97 Å². The molecule has 1 N–H and O–H groups in total. The lowest BCUT2D eigenvalue weighted by atomic mass is 10.1. The Bertz CT molecular complexity index is 546. The quantitative estimate of drug-likeness (QED) is 0.931. The molecule has 2 rings (SSSR count). The van der Waals surface area contributed by atoms with E-state index in [1.165, 1.54) is 12.4 Å². The minimum absolute atomic E-state index is 0.293. The maximum Gasteiger partial charge on any atom is 0.132 e. The van der Waals surface area contributed by atoms with Crippen molar-refractivity contribution in [3.05, 3.63) is 40.9 Å². The number of rotatable bonds is 4. The van der Waals surface area contributed by atoms with Crippen LogP contribution in [0.1, 0.15) is 13.3 Å². The highest BCUT2D eigenvalue weighted by Gasteiger charge is 2.08. The Morgan fingerprint density at radius 3 is 2.89 bits per heavy atom. The van der Waals surface area contributed by atoms with Crippen molar-refractivity contribution in [2.75, 3.05) is 11.9 Å². The number of hydrogen-bond acceptors (Lipinski definition) is 3. The molecule has 0 bridgehead atoms. The summed E-state index contributed by atoms with van der Waals surface area (Å²) in [5, 5.41) is 3.15. The molecule has 94 valence electrons. The van der Waals surface area contributed by atoms with Gasteiger partial charge in [-0.3, -0.25) is 0 Å².